The Hall–Kier alpha value is -3.62. The van der Waals surface area contributed by atoms with Crippen molar-refractivity contribution in [2.24, 2.45) is 0 Å². The summed E-state index contributed by atoms with van der Waals surface area (Å²) in [7, 11) is 0. The van der Waals surface area contributed by atoms with E-state index >= 15 is 0 Å². The topological polar surface area (TPSA) is 80.1 Å². The highest BCUT2D eigenvalue weighted by Crippen LogP contribution is 2.31. The van der Waals surface area contributed by atoms with E-state index in [1.54, 1.807) is 6.07 Å². The van der Waals surface area contributed by atoms with E-state index in [2.05, 4.69) is 15.5 Å². The molecule has 0 radical (unpaired) electrons. The minimum Gasteiger partial charge on any atom is -0.323 e. The molecule has 3 aromatic carbocycles. The van der Waals surface area contributed by atoms with E-state index in [0.29, 0.717) is 33.9 Å². The quantitative estimate of drug-likeness (QED) is 0.396. The van der Waals surface area contributed by atoms with Gasteiger partial charge in [0, 0.05) is 10.6 Å². The summed E-state index contributed by atoms with van der Waals surface area (Å²) in [4.78, 5) is 26.7. The van der Waals surface area contributed by atoms with E-state index in [0.717, 1.165) is 11.1 Å². The molecule has 0 fully saturated rings. The molecule has 0 aliphatic carbocycles. The number of carbonyl (C=O) groups is 2. The summed E-state index contributed by atoms with van der Waals surface area (Å²) in [5.41, 5.74) is 3.30. The average molecular weight is 490 g/mol. The first-order valence-corrected chi connectivity index (χ1v) is 12.0. The van der Waals surface area contributed by atoms with Crippen molar-refractivity contribution in [2.75, 3.05) is 22.5 Å². The Balaban J connectivity index is 1.41. The van der Waals surface area contributed by atoms with Crippen molar-refractivity contribution in [1.29, 1.82) is 0 Å². The Bertz CT molecular complexity index is 1340. The number of amides is 2. The number of thioether (sulfide) groups is 1. The first-order chi connectivity index (χ1) is 16.6. The minimum atomic E-state index is -0.214. The molecule has 170 valence electrons. The first-order valence-electron chi connectivity index (χ1n) is 10.6. The second-order valence-electron chi connectivity index (χ2n) is 7.72. The Morgan fingerprint density at radius 2 is 1.71 bits per heavy atom. The number of rotatable bonds is 6. The summed E-state index contributed by atoms with van der Waals surface area (Å²) >= 11 is 7.36. The molecular weight excluding hydrogens is 470 g/mol. The molecule has 0 unspecified atom stereocenters. The van der Waals surface area contributed by atoms with Crippen LogP contribution in [-0.2, 0) is 16.1 Å². The second-order valence-corrected chi connectivity index (χ2v) is 9.10. The molecule has 0 bridgehead atoms. The van der Waals surface area contributed by atoms with Gasteiger partial charge in [-0.3, -0.25) is 14.2 Å². The molecule has 0 saturated carbocycles. The maximum absolute atomic E-state index is 13.1. The van der Waals surface area contributed by atoms with Gasteiger partial charge in [-0.15, -0.1) is 10.2 Å². The Labute approximate surface area is 205 Å². The SMILES string of the molecule is O=C1CN(C(=O)CSc2nnc(-c3ccc(Cl)cc3)n2Cc2ccccc2)c2ccccc2N1. The van der Waals surface area contributed by atoms with Gasteiger partial charge >= 0.3 is 0 Å². The maximum atomic E-state index is 13.1. The van der Waals surface area contributed by atoms with Crippen molar-refractivity contribution >= 4 is 46.6 Å². The van der Waals surface area contributed by atoms with Gasteiger partial charge in [-0.1, -0.05) is 65.8 Å². The number of para-hydroxylation sites is 2. The third kappa shape index (κ3) is 4.69. The number of carbonyl (C=O) groups excluding carboxylic acids is 2. The van der Waals surface area contributed by atoms with Gasteiger partial charge < -0.3 is 10.2 Å². The van der Waals surface area contributed by atoms with E-state index in [-0.39, 0.29) is 24.1 Å². The van der Waals surface area contributed by atoms with Crippen LogP contribution in [0.3, 0.4) is 0 Å². The number of nitrogens with zero attached hydrogens (tertiary/aromatic N) is 4. The fourth-order valence-electron chi connectivity index (χ4n) is 3.78. The van der Waals surface area contributed by atoms with Crippen LogP contribution < -0.4 is 10.2 Å². The van der Waals surface area contributed by atoms with Crippen molar-refractivity contribution in [3.05, 3.63) is 89.4 Å². The van der Waals surface area contributed by atoms with E-state index < -0.39 is 0 Å². The molecule has 0 atom stereocenters. The molecular formula is C25H20ClN5O2S. The fraction of sp³-hybridized carbons (Fsp3) is 0.120. The summed E-state index contributed by atoms with van der Waals surface area (Å²) in [5.74, 6) is 0.428. The summed E-state index contributed by atoms with van der Waals surface area (Å²) < 4.78 is 1.99. The lowest BCUT2D eigenvalue weighted by atomic mass is 10.2. The molecule has 1 aliphatic heterocycles. The average Bonchev–Trinajstić information content (AvgIpc) is 3.25. The molecule has 5 rings (SSSR count). The molecule has 2 heterocycles. The summed E-state index contributed by atoms with van der Waals surface area (Å²) in [6, 6.07) is 24.7. The molecule has 0 spiro atoms. The van der Waals surface area contributed by atoms with Crippen molar-refractivity contribution in [3.63, 3.8) is 0 Å². The molecule has 7 nitrogen and oxygen atoms in total. The fourth-order valence-corrected chi connectivity index (χ4v) is 4.72. The third-order valence-corrected chi connectivity index (χ3v) is 6.60. The standard InChI is InChI=1S/C25H20ClN5O2S/c26-19-12-10-18(11-13-19)24-28-29-25(31(24)14-17-6-2-1-3-7-17)34-16-23(33)30-15-22(32)27-20-8-4-5-9-21(20)30/h1-13H,14-16H2,(H,27,32). The number of nitrogens with one attached hydrogen (secondary N) is 1. The van der Waals surface area contributed by atoms with Crippen LogP contribution in [-0.4, -0.2) is 38.9 Å². The minimum absolute atomic E-state index is 0.0108. The van der Waals surface area contributed by atoms with Crippen LogP contribution in [0.5, 0.6) is 0 Å². The van der Waals surface area contributed by atoms with Crippen LogP contribution in [0.1, 0.15) is 5.56 Å². The van der Waals surface area contributed by atoms with E-state index in [9.17, 15) is 9.59 Å². The van der Waals surface area contributed by atoms with Crippen LogP contribution in [0.4, 0.5) is 11.4 Å². The van der Waals surface area contributed by atoms with Crippen LogP contribution in [0.15, 0.2) is 84.0 Å². The molecule has 34 heavy (non-hydrogen) atoms. The number of hydrogen-bond acceptors (Lipinski definition) is 5. The van der Waals surface area contributed by atoms with Gasteiger partial charge in [0.05, 0.1) is 23.7 Å². The normalized spacial score (nSPS) is 12.9. The van der Waals surface area contributed by atoms with E-state index in [1.807, 2.05) is 77.4 Å². The Morgan fingerprint density at radius 1 is 0.971 bits per heavy atom. The maximum Gasteiger partial charge on any atom is 0.244 e. The Morgan fingerprint density at radius 3 is 2.50 bits per heavy atom. The number of aromatic nitrogens is 3. The second kappa shape index (κ2) is 9.70. The zero-order valence-corrected chi connectivity index (χ0v) is 19.6. The number of anilines is 2. The predicted molar refractivity (Wildman–Crippen MR) is 134 cm³/mol. The molecule has 4 aromatic rings. The summed E-state index contributed by atoms with van der Waals surface area (Å²) in [6.45, 7) is 0.542. The van der Waals surface area contributed by atoms with Crippen LogP contribution in [0.25, 0.3) is 11.4 Å². The Kier molecular flexibility index (Phi) is 6.33. The van der Waals surface area contributed by atoms with Gasteiger partial charge in [-0.05, 0) is 42.0 Å². The zero-order valence-electron chi connectivity index (χ0n) is 18.0. The highest BCUT2D eigenvalue weighted by molar-refractivity contribution is 7.99. The van der Waals surface area contributed by atoms with Gasteiger partial charge in [0.25, 0.3) is 0 Å². The monoisotopic (exact) mass is 489 g/mol. The first kappa shape index (κ1) is 22.2. The summed E-state index contributed by atoms with van der Waals surface area (Å²) in [5, 5.41) is 12.9. The number of benzene rings is 3. The van der Waals surface area contributed by atoms with Gasteiger partial charge in [0.2, 0.25) is 11.8 Å². The molecule has 1 N–H and O–H groups in total. The highest BCUT2D eigenvalue weighted by atomic mass is 35.5. The largest absolute Gasteiger partial charge is 0.323 e. The molecule has 0 saturated heterocycles. The molecule has 9 heteroatoms. The highest BCUT2D eigenvalue weighted by Gasteiger charge is 2.27. The number of hydrogen-bond donors (Lipinski definition) is 1. The van der Waals surface area contributed by atoms with Gasteiger partial charge in [0.1, 0.15) is 6.54 Å². The van der Waals surface area contributed by atoms with Gasteiger partial charge in [0.15, 0.2) is 11.0 Å². The molecule has 1 aliphatic rings. The molecule has 1 aromatic heterocycles. The van der Waals surface area contributed by atoms with E-state index in [1.165, 1.54) is 16.7 Å². The van der Waals surface area contributed by atoms with Crippen LogP contribution >= 0.6 is 23.4 Å². The number of fused-ring (bicyclic) bond motifs is 1. The van der Waals surface area contributed by atoms with Gasteiger partial charge in [-0.25, -0.2) is 0 Å². The van der Waals surface area contributed by atoms with Crippen molar-refractivity contribution in [1.82, 2.24) is 14.8 Å². The van der Waals surface area contributed by atoms with Gasteiger partial charge in [-0.2, -0.15) is 0 Å². The van der Waals surface area contributed by atoms with E-state index in [4.69, 9.17) is 11.6 Å². The zero-order chi connectivity index (χ0) is 23.5. The van der Waals surface area contributed by atoms with Crippen LogP contribution in [0, 0.1) is 0 Å². The van der Waals surface area contributed by atoms with Crippen molar-refractivity contribution in [2.45, 2.75) is 11.7 Å². The summed E-state index contributed by atoms with van der Waals surface area (Å²) in [6.07, 6.45) is 0. The smallest absolute Gasteiger partial charge is 0.244 e. The molecule has 2 amide bonds. The lowest BCUT2D eigenvalue weighted by Gasteiger charge is -2.29. The third-order valence-electron chi connectivity index (χ3n) is 5.40. The van der Waals surface area contributed by atoms with Crippen molar-refractivity contribution in [3.8, 4) is 11.4 Å². The van der Waals surface area contributed by atoms with Crippen LogP contribution in [0.2, 0.25) is 5.02 Å². The lowest BCUT2D eigenvalue weighted by molar-refractivity contribution is -0.120. The lowest BCUT2D eigenvalue weighted by Crippen LogP contribution is -2.43. The number of halogens is 1. The van der Waals surface area contributed by atoms with Crippen molar-refractivity contribution < 1.29 is 9.59 Å². The predicted octanol–water partition coefficient (Wildman–Crippen LogP) is 4.72.